The Morgan fingerprint density at radius 1 is 1.62 bits per heavy atom. The zero-order valence-corrected chi connectivity index (χ0v) is 8.80. The fourth-order valence-corrected chi connectivity index (χ4v) is 1.63. The standard InChI is InChI=1S/C9H14N2OS/c1-3-11-8(5-6-10-11)9(12)7-13-4-2/h5-6H,3-4,7H2,1-2H3. The van der Waals surface area contributed by atoms with Gasteiger partial charge in [0.1, 0.15) is 5.69 Å². The molecule has 3 nitrogen and oxygen atoms in total. The van der Waals surface area contributed by atoms with Gasteiger partial charge < -0.3 is 0 Å². The van der Waals surface area contributed by atoms with Gasteiger partial charge in [0.15, 0.2) is 5.78 Å². The van der Waals surface area contributed by atoms with E-state index in [-0.39, 0.29) is 5.78 Å². The van der Waals surface area contributed by atoms with Crippen molar-refractivity contribution in [3.05, 3.63) is 18.0 Å². The van der Waals surface area contributed by atoms with Gasteiger partial charge in [0.2, 0.25) is 0 Å². The predicted octanol–water partition coefficient (Wildman–Crippen LogP) is 1.84. The van der Waals surface area contributed by atoms with Crippen LogP contribution in [0.25, 0.3) is 0 Å². The lowest BCUT2D eigenvalue weighted by Crippen LogP contribution is -2.11. The molecule has 72 valence electrons. The zero-order chi connectivity index (χ0) is 9.68. The van der Waals surface area contributed by atoms with E-state index < -0.39 is 0 Å². The Hall–Kier alpha value is -0.770. The molecule has 4 heteroatoms. The molecule has 0 aliphatic carbocycles. The van der Waals surface area contributed by atoms with E-state index in [0.29, 0.717) is 5.75 Å². The van der Waals surface area contributed by atoms with Crippen molar-refractivity contribution in [3.63, 3.8) is 0 Å². The van der Waals surface area contributed by atoms with Gasteiger partial charge in [-0.1, -0.05) is 6.92 Å². The van der Waals surface area contributed by atoms with Crippen molar-refractivity contribution in [2.75, 3.05) is 11.5 Å². The van der Waals surface area contributed by atoms with Gasteiger partial charge in [-0.3, -0.25) is 9.48 Å². The smallest absolute Gasteiger partial charge is 0.190 e. The van der Waals surface area contributed by atoms with E-state index in [0.717, 1.165) is 18.0 Å². The average Bonchev–Trinajstić information content (AvgIpc) is 2.61. The second kappa shape index (κ2) is 5.07. The Balaban J connectivity index is 2.65. The van der Waals surface area contributed by atoms with Crippen LogP contribution in [0.1, 0.15) is 24.3 Å². The van der Waals surface area contributed by atoms with Crippen molar-refractivity contribution in [3.8, 4) is 0 Å². The fraction of sp³-hybridized carbons (Fsp3) is 0.556. The molecule has 0 saturated heterocycles. The molecule has 1 rings (SSSR count). The van der Waals surface area contributed by atoms with Gasteiger partial charge in [0.05, 0.1) is 5.75 Å². The van der Waals surface area contributed by atoms with Crippen molar-refractivity contribution in [1.82, 2.24) is 9.78 Å². The zero-order valence-electron chi connectivity index (χ0n) is 7.99. The lowest BCUT2D eigenvalue weighted by atomic mass is 10.3. The highest BCUT2D eigenvalue weighted by molar-refractivity contribution is 7.99. The molecule has 0 atom stereocenters. The summed E-state index contributed by atoms with van der Waals surface area (Å²) in [5.74, 6) is 1.71. The molecule has 0 N–H and O–H groups in total. The molecule has 0 amide bonds. The SMILES string of the molecule is CCSCC(=O)c1ccnn1CC. The fourth-order valence-electron chi connectivity index (χ4n) is 1.09. The van der Waals surface area contributed by atoms with Gasteiger partial charge in [0.25, 0.3) is 0 Å². The summed E-state index contributed by atoms with van der Waals surface area (Å²) in [4.78, 5) is 11.6. The lowest BCUT2D eigenvalue weighted by molar-refractivity contribution is 0.101. The van der Waals surface area contributed by atoms with Crippen LogP contribution in [0.3, 0.4) is 0 Å². The van der Waals surface area contributed by atoms with Crippen molar-refractivity contribution in [1.29, 1.82) is 0 Å². The highest BCUT2D eigenvalue weighted by Crippen LogP contribution is 2.06. The van der Waals surface area contributed by atoms with Crippen molar-refractivity contribution in [2.24, 2.45) is 0 Å². The number of carbonyl (C=O) groups excluding carboxylic acids is 1. The van der Waals surface area contributed by atoms with Gasteiger partial charge in [-0.05, 0) is 18.7 Å². The first-order valence-corrected chi connectivity index (χ1v) is 5.57. The molecule has 0 aliphatic rings. The van der Waals surface area contributed by atoms with Crippen LogP contribution in [0.4, 0.5) is 0 Å². The number of Topliss-reactive ketones (excluding diaryl/α,β-unsaturated/α-hetero) is 1. The van der Waals surface area contributed by atoms with Gasteiger partial charge in [-0.15, -0.1) is 0 Å². The molecule has 1 aromatic rings. The summed E-state index contributed by atoms with van der Waals surface area (Å²) in [6.45, 7) is 4.79. The van der Waals surface area contributed by atoms with Gasteiger partial charge in [-0.2, -0.15) is 16.9 Å². The maximum Gasteiger partial charge on any atom is 0.190 e. The van der Waals surface area contributed by atoms with Crippen molar-refractivity contribution in [2.45, 2.75) is 20.4 Å². The molecule has 0 bridgehead atoms. The molecule has 0 radical (unpaired) electrons. The van der Waals surface area contributed by atoms with Crippen LogP contribution in [0, 0.1) is 0 Å². The molecule has 0 spiro atoms. The second-order valence-corrected chi connectivity index (χ2v) is 3.87. The monoisotopic (exact) mass is 198 g/mol. The molecule has 0 fully saturated rings. The van der Waals surface area contributed by atoms with Crippen LogP contribution in [0.5, 0.6) is 0 Å². The quantitative estimate of drug-likeness (QED) is 0.677. The van der Waals surface area contributed by atoms with Gasteiger partial charge in [-0.25, -0.2) is 0 Å². The molecule has 13 heavy (non-hydrogen) atoms. The Bertz CT molecular complexity index is 283. The third-order valence-corrected chi connectivity index (χ3v) is 2.61. The highest BCUT2D eigenvalue weighted by Gasteiger charge is 2.09. The van der Waals surface area contributed by atoms with Crippen LogP contribution in [-0.4, -0.2) is 27.1 Å². The van der Waals surface area contributed by atoms with Gasteiger partial charge >= 0.3 is 0 Å². The number of thioether (sulfide) groups is 1. The van der Waals surface area contributed by atoms with E-state index in [2.05, 4.69) is 12.0 Å². The van der Waals surface area contributed by atoms with E-state index in [4.69, 9.17) is 0 Å². The summed E-state index contributed by atoms with van der Waals surface area (Å²) in [7, 11) is 0. The minimum Gasteiger partial charge on any atom is -0.292 e. The largest absolute Gasteiger partial charge is 0.292 e. The van der Waals surface area contributed by atoms with Crippen molar-refractivity contribution < 1.29 is 4.79 Å². The first kappa shape index (κ1) is 10.3. The number of hydrogen-bond acceptors (Lipinski definition) is 3. The number of aryl methyl sites for hydroxylation is 1. The molecule has 0 aliphatic heterocycles. The summed E-state index contributed by atoms with van der Waals surface area (Å²) < 4.78 is 1.73. The van der Waals surface area contributed by atoms with Crippen LogP contribution in [0.15, 0.2) is 12.3 Å². The Kier molecular flexibility index (Phi) is 4.02. The number of nitrogens with zero attached hydrogens (tertiary/aromatic N) is 2. The van der Waals surface area contributed by atoms with Crippen molar-refractivity contribution >= 4 is 17.5 Å². The minimum atomic E-state index is 0.172. The third-order valence-electron chi connectivity index (χ3n) is 1.74. The number of carbonyl (C=O) groups is 1. The average molecular weight is 198 g/mol. The van der Waals surface area contributed by atoms with E-state index in [1.54, 1.807) is 28.7 Å². The van der Waals surface area contributed by atoms with E-state index in [9.17, 15) is 4.79 Å². The van der Waals surface area contributed by atoms with Crippen LogP contribution in [0.2, 0.25) is 0 Å². The highest BCUT2D eigenvalue weighted by atomic mass is 32.2. The number of ketones is 1. The summed E-state index contributed by atoms with van der Waals surface area (Å²) in [6.07, 6.45) is 1.67. The maximum absolute atomic E-state index is 11.6. The second-order valence-electron chi connectivity index (χ2n) is 2.59. The van der Waals surface area contributed by atoms with Gasteiger partial charge in [0, 0.05) is 12.7 Å². The number of rotatable bonds is 5. The normalized spacial score (nSPS) is 10.3. The molecule has 0 saturated carbocycles. The van der Waals surface area contributed by atoms with Crippen LogP contribution >= 0.6 is 11.8 Å². The third kappa shape index (κ3) is 2.59. The predicted molar refractivity (Wildman–Crippen MR) is 55.2 cm³/mol. The Morgan fingerprint density at radius 3 is 3.00 bits per heavy atom. The Morgan fingerprint density at radius 2 is 2.38 bits per heavy atom. The summed E-state index contributed by atoms with van der Waals surface area (Å²) in [6, 6.07) is 1.78. The van der Waals surface area contributed by atoms with E-state index in [1.165, 1.54) is 0 Å². The summed E-state index contributed by atoms with van der Waals surface area (Å²) in [5, 5.41) is 4.05. The summed E-state index contributed by atoms with van der Waals surface area (Å²) in [5.41, 5.74) is 0.725. The molecular formula is C9H14N2OS. The number of aromatic nitrogens is 2. The lowest BCUT2D eigenvalue weighted by Gasteiger charge is -2.02. The Labute approximate surface area is 82.5 Å². The molecule has 1 aromatic heterocycles. The first-order chi connectivity index (χ1) is 6.29. The topological polar surface area (TPSA) is 34.9 Å². The first-order valence-electron chi connectivity index (χ1n) is 4.42. The minimum absolute atomic E-state index is 0.172. The molecule has 0 aromatic carbocycles. The van der Waals surface area contributed by atoms with E-state index in [1.807, 2.05) is 6.92 Å². The summed E-state index contributed by atoms with van der Waals surface area (Å²) >= 11 is 1.64. The maximum atomic E-state index is 11.6. The number of hydrogen-bond donors (Lipinski definition) is 0. The molecular weight excluding hydrogens is 184 g/mol. The van der Waals surface area contributed by atoms with Crippen LogP contribution in [-0.2, 0) is 6.54 Å². The van der Waals surface area contributed by atoms with E-state index >= 15 is 0 Å². The molecule has 1 heterocycles. The molecule has 0 unspecified atom stereocenters. The van der Waals surface area contributed by atoms with Crippen LogP contribution < -0.4 is 0 Å².